The zero-order valence-corrected chi connectivity index (χ0v) is 22.4. The number of imidazole rings is 1. The molecule has 198 valence electrons. The van der Waals surface area contributed by atoms with E-state index in [2.05, 4.69) is 21.8 Å². The number of hydrogen-bond donors (Lipinski definition) is 0. The van der Waals surface area contributed by atoms with Crippen molar-refractivity contribution in [3.63, 3.8) is 0 Å². The van der Waals surface area contributed by atoms with Gasteiger partial charge >= 0.3 is 5.69 Å². The Bertz CT molecular complexity index is 1530. The molecule has 0 spiro atoms. The quantitative estimate of drug-likeness (QED) is 0.373. The van der Waals surface area contributed by atoms with Crippen molar-refractivity contribution in [3.8, 4) is 5.69 Å². The Morgan fingerprint density at radius 1 is 0.895 bits per heavy atom. The van der Waals surface area contributed by atoms with E-state index in [-0.39, 0.29) is 17.0 Å². The predicted octanol–water partition coefficient (Wildman–Crippen LogP) is 4.13. The molecule has 0 bridgehead atoms. The first kappa shape index (κ1) is 24.5. The third-order valence-electron chi connectivity index (χ3n) is 8.34. The van der Waals surface area contributed by atoms with E-state index in [1.165, 1.54) is 6.42 Å². The summed E-state index contributed by atoms with van der Waals surface area (Å²) >= 11 is 0. The lowest BCUT2D eigenvalue weighted by Crippen LogP contribution is -2.47. The summed E-state index contributed by atoms with van der Waals surface area (Å²) < 4.78 is 5.45. The Balaban J connectivity index is 1.33. The zero-order chi connectivity index (χ0) is 26.4. The number of aryl methyl sites for hydroxylation is 1. The number of fused-ring (bicyclic) bond motifs is 1. The van der Waals surface area contributed by atoms with Crippen molar-refractivity contribution in [1.82, 2.24) is 23.9 Å². The average Bonchev–Trinajstić information content (AvgIpc) is 3.48. The van der Waals surface area contributed by atoms with E-state index in [0.29, 0.717) is 0 Å². The molecule has 9 heteroatoms. The van der Waals surface area contributed by atoms with Crippen LogP contribution in [0.5, 0.6) is 0 Å². The molecule has 0 amide bonds. The Kier molecular flexibility index (Phi) is 6.08. The molecular formula is C29H35N7O2. The van der Waals surface area contributed by atoms with Crippen LogP contribution in [-0.2, 0) is 12.6 Å². The summed E-state index contributed by atoms with van der Waals surface area (Å²) in [7, 11) is 1.86. The largest absolute Gasteiger partial charge is 0.368 e. The summed E-state index contributed by atoms with van der Waals surface area (Å²) in [5.74, 6) is 0.987. The topological polar surface area (TPSA) is 81.2 Å². The van der Waals surface area contributed by atoms with Crippen LogP contribution in [0.1, 0.15) is 56.3 Å². The van der Waals surface area contributed by atoms with E-state index in [1.807, 2.05) is 54.2 Å². The average molecular weight is 514 g/mol. The second kappa shape index (κ2) is 9.45. The fourth-order valence-electron chi connectivity index (χ4n) is 6.14. The number of aromatic nitrogens is 5. The molecule has 9 nitrogen and oxygen atoms in total. The van der Waals surface area contributed by atoms with Crippen LogP contribution in [0.4, 0.5) is 11.5 Å². The van der Waals surface area contributed by atoms with E-state index >= 15 is 0 Å². The molecule has 4 heterocycles. The molecule has 0 N–H and O–H groups in total. The van der Waals surface area contributed by atoms with Crippen molar-refractivity contribution < 1.29 is 4.79 Å². The summed E-state index contributed by atoms with van der Waals surface area (Å²) in [5.41, 5.74) is 3.91. The summed E-state index contributed by atoms with van der Waals surface area (Å²) in [6, 6.07) is 11.9. The molecule has 1 aliphatic heterocycles. The molecule has 1 aliphatic carbocycles. The second-order valence-electron chi connectivity index (χ2n) is 11.0. The van der Waals surface area contributed by atoms with Crippen LogP contribution < -0.4 is 15.5 Å². The van der Waals surface area contributed by atoms with Crippen molar-refractivity contribution in [2.45, 2.75) is 51.5 Å². The molecule has 2 aliphatic rings. The summed E-state index contributed by atoms with van der Waals surface area (Å²) in [6.07, 6.45) is 9.04. The highest BCUT2D eigenvalue weighted by atomic mass is 16.2. The van der Waals surface area contributed by atoms with Crippen LogP contribution in [0.15, 0.2) is 53.6 Å². The summed E-state index contributed by atoms with van der Waals surface area (Å²) in [4.78, 5) is 35.4. The lowest BCUT2D eigenvalue weighted by Gasteiger charge is -2.37. The first-order chi connectivity index (χ1) is 18.3. The monoisotopic (exact) mass is 513 g/mol. The lowest BCUT2D eigenvalue weighted by atomic mass is 9.83. The number of rotatable bonds is 5. The predicted molar refractivity (Wildman–Crippen MR) is 150 cm³/mol. The van der Waals surface area contributed by atoms with Gasteiger partial charge in [0.15, 0.2) is 11.4 Å². The van der Waals surface area contributed by atoms with Crippen LogP contribution in [0.25, 0.3) is 16.9 Å². The zero-order valence-electron chi connectivity index (χ0n) is 22.4. The third kappa shape index (κ3) is 4.19. The maximum atomic E-state index is 14.0. The minimum absolute atomic E-state index is 0.0409. The Morgan fingerprint density at radius 3 is 2.21 bits per heavy atom. The molecule has 38 heavy (non-hydrogen) atoms. The Labute approximate surface area is 222 Å². The van der Waals surface area contributed by atoms with Gasteiger partial charge in [0.2, 0.25) is 0 Å². The number of hydrogen-bond acceptors (Lipinski definition) is 6. The van der Waals surface area contributed by atoms with Crippen LogP contribution in [0, 0.1) is 0 Å². The number of piperazine rings is 1. The molecule has 1 saturated heterocycles. The lowest BCUT2D eigenvalue weighted by molar-refractivity contribution is 0.101. The van der Waals surface area contributed by atoms with Crippen molar-refractivity contribution in [2.75, 3.05) is 36.0 Å². The van der Waals surface area contributed by atoms with Crippen LogP contribution in [0.3, 0.4) is 0 Å². The number of Topliss-reactive ketones (excluding diaryl/α,β-unsaturated/α-hetero) is 1. The molecular weight excluding hydrogens is 478 g/mol. The van der Waals surface area contributed by atoms with Gasteiger partial charge in [-0.05, 0) is 63.1 Å². The van der Waals surface area contributed by atoms with Gasteiger partial charge in [-0.15, -0.1) is 0 Å². The van der Waals surface area contributed by atoms with Crippen LogP contribution in [-0.4, -0.2) is 55.9 Å². The van der Waals surface area contributed by atoms with Crippen molar-refractivity contribution in [3.05, 3.63) is 64.8 Å². The Hall–Kier alpha value is -3.88. The first-order valence-corrected chi connectivity index (χ1v) is 13.6. The minimum atomic E-state index is -0.253. The number of anilines is 2. The standard InChI is InChI=1S/C29H35N7O2/c1-21(37)22-7-9-23(10-8-22)33-15-17-34(18-16-33)26-12-11-25-27(31-26)36(29(2)13-5-4-6-14-29)28(38)35(25)24-19-30-32(3)20-24/h7-12,19-20H,4-6,13-18H2,1-3H3. The Morgan fingerprint density at radius 2 is 1.58 bits per heavy atom. The summed E-state index contributed by atoms with van der Waals surface area (Å²) in [6.45, 7) is 7.19. The van der Waals surface area contributed by atoms with Gasteiger partial charge in [0, 0.05) is 56.2 Å². The molecule has 1 saturated carbocycles. The second-order valence-corrected chi connectivity index (χ2v) is 11.0. The van der Waals surface area contributed by atoms with Gasteiger partial charge in [0.25, 0.3) is 0 Å². The molecule has 2 fully saturated rings. The maximum absolute atomic E-state index is 14.0. The molecule has 0 unspecified atom stereocenters. The summed E-state index contributed by atoms with van der Waals surface area (Å²) in [5, 5.41) is 4.31. The third-order valence-corrected chi connectivity index (χ3v) is 8.34. The fourth-order valence-corrected chi connectivity index (χ4v) is 6.14. The first-order valence-electron chi connectivity index (χ1n) is 13.6. The molecule has 1 aromatic carbocycles. The van der Waals surface area contributed by atoms with Gasteiger partial charge in [0.05, 0.1) is 17.4 Å². The van der Waals surface area contributed by atoms with E-state index in [9.17, 15) is 9.59 Å². The SMILES string of the molecule is CC(=O)c1ccc(N2CCN(c3ccc4c(n3)n(C3(C)CCCCC3)c(=O)n4-c3cnn(C)c3)CC2)cc1. The number of pyridine rings is 1. The highest BCUT2D eigenvalue weighted by molar-refractivity contribution is 5.94. The number of carbonyl (C=O) groups is 1. The van der Waals surface area contributed by atoms with E-state index in [4.69, 9.17) is 4.98 Å². The molecule has 0 radical (unpaired) electrons. The maximum Gasteiger partial charge on any atom is 0.335 e. The van der Waals surface area contributed by atoms with Crippen LogP contribution >= 0.6 is 0 Å². The smallest absolute Gasteiger partial charge is 0.335 e. The number of carbonyl (C=O) groups excluding carboxylic acids is 1. The van der Waals surface area contributed by atoms with Gasteiger partial charge in [0.1, 0.15) is 5.82 Å². The van der Waals surface area contributed by atoms with Gasteiger partial charge < -0.3 is 9.80 Å². The fraction of sp³-hybridized carbons (Fsp3) is 0.448. The van der Waals surface area contributed by atoms with Crippen LogP contribution in [0.2, 0.25) is 0 Å². The number of benzene rings is 1. The van der Waals surface area contributed by atoms with Gasteiger partial charge in [-0.3, -0.25) is 18.6 Å². The normalized spacial score (nSPS) is 17.8. The van der Waals surface area contributed by atoms with Crippen molar-refractivity contribution in [2.24, 2.45) is 7.05 Å². The van der Waals surface area contributed by atoms with Gasteiger partial charge in [-0.25, -0.2) is 9.78 Å². The van der Waals surface area contributed by atoms with E-state index in [0.717, 1.165) is 85.8 Å². The number of nitrogens with zero attached hydrogens (tertiary/aromatic N) is 7. The number of ketones is 1. The molecule has 0 atom stereocenters. The van der Waals surface area contributed by atoms with Crippen molar-refractivity contribution in [1.29, 1.82) is 0 Å². The molecule has 4 aromatic rings. The minimum Gasteiger partial charge on any atom is -0.368 e. The van der Waals surface area contributed by atoms with Gasteiger partial charge in [-0.1, -0.05) is 19.3 Å². The van der Waals surface area contributed by atoms with Crippen molar-refractivity contribution >= 4 is 28.5 Å². The highest BCUT2D eigenvalue weighted by Gasteiger charge is 2.34. The molecule has 3 aromatic heterocycles. The van der Waals surface area contributed by atoms with Gasteiger partial charge in [-0.2, -0.15) is 5.10 Å². The van der Waals surface area contributed by atoms with E-state index < -0.39 is 0 Å². The van der Waals surface area contributed by atoms with E-state index in [1.54, 1.807) is 22.4 Å². The molecule has 6 rings (SSSR count). The highest BCUT2D eigenvalue weighted by Crippen LogP contribution is 2.36.